The summed E-state index contributed by atoms with van der Waals surface area (Å²) < 4.78 is 0. The van der Waals surface area contributed by atoms with Crippen LogP contribution in [0.15, 0.2) is 42.6 Å². The predicted octanol–water partition coefficient (Wildman–Crippen LogP) is 1.03. The molecule has 0 radical (unpaired) electrons. The van der Waals surface area contributed by atoms with Crippen LogP contribution in [0.4, 0.5) is 5.69 Å². The highest BCUT2D eigenvalue weighted by Crippen LogP contribution is 2.21. The summed E-state index contributed by atoms with van der Waals surface area (Å²) in [6.07, 6.45) is 1.45. The van der Waals surface area contributed by atoms with E-state index in [2.05, 4.69) is 10.3 Å². The molecule has 1 aromatic carbocycles. The fraction of sp³-hybridized carbons (Fsp3) is 0.133. The molecule has 1 unspecified atom stereocenters. The van der Waals surface area contributed by atoms with Crippen LogP contribution in [0.2, 0.25) is 0 Å². The Kier molecular flexibility index (Phi) is 3.16. The van der Waals surface area contributed by atoms with Crippen LogP contribution in [0, 0.1) is 11.3 Å². The van der Waals surface area contributed by atoms with E-state index in [1.54, 1.807) is 4.90 Å². The summed E-state index contributed by atoms with van der Waals surface area (Å²) in [5.74, 6) is -0.524. The molecular weight excluding hydrogens is 268 g/mol. The Morgan fingerprint density at radius 2 is 2.14 bits per heavy atom. The molecule has 1 aliphatic rings. The number of hydrogen-bond donors (Lipinski definition) is 2. The number of nitrogens with one attached hydrogen (secondary N) is 2. The highest BCUT2D eigenvalue weighted by Gasteiger charge is 2.38. The molecule has 1 aliphatic heterocycles. The minimum Gasteiger partial charge on any atom is -0.356 e. The molecule has 0 aliphatic carbocycles. The number of nitriles is 1. The SMILES string of the molecule is N#Cc1c[nH]c(C(=O)NC2CN(c3ccccc3)C2=O)c1. The molecule has 2 aromatic rings. The second-order valence-electron chi connectivity index (χ2n) is 4.72. The molecule has 6 nitrogen and oxygen atoms in total. The van der Waals surface area contributed by atoms with Gasteiger partial charge in [0.1, 0.15) is 17.8 Å². The molecule has 0 saturated carbocycles. The molecule has 2 heterocycles. The van der Waals surface area contributed by atoms with E-state index in [4.69, 9.17) is 5.26 Å². The van der Waals surface area contributed by atoms with Crippen LogP contribution in [-0.4, -0.2) is 29.4 Å². The third-order valence-electron chi connectivity index (χ3n) is 3.36. The Balaban J connectivity index is 1.62. The van der Waals surface area contributed by atoms with E-state index in [-0.39, 0.29) is 17.5 Å². The van der Waals surface area contributed by atoms with Crippen LogP contribution in [0.5, 0.6) is 0 Å². The zero-order chi connectivity index (χ0) is 14.8. The summed E-state index contributed by atoms with van der Waals surface area (Å²) in [7, 11) is 0. The van der Waals surface area contributed by atoms with Crippen molar-refractivity contribution < 1.29 is 9.59 Å². The van der Waals surface area contributed by atoms with E-state index in [0.717, 1.165) is 5.69 Å². The van der Waals surface area contributed by atoms with Gasteiger partial charge < -0.3 is 15.2 Å². The van der Waals surface area contributed by atoms with Gasteiger partial charge in [-0.1, -0.05) is 18.2 Å². The van der Waals surface area contributed by atoms with Crippen molar-refractivity contribution >= 4 is 17.5 Å². The van der Waals surface area contributed by atoms with Gasteiger partial charge in [0.2, 0.25) is 0 Å². The number of anilines is 1. The largest absolute Gasteiger partial charge is 0.356 e. The maximum atomic E-state index is 12.0. The van der Waals surface area contributed by atoms with Crippen LogP contribution in [0.25, 0.3) is 0 Å². The third kappa shape index (κ3) is 2.37. The van der Waals surface area contributed by atoms with Gasteiger partial charge in [-0.15, -0.1) is 0 Å². The fourth-order valence-corrected chi connectivity index (χ4v) is 2.20. The van der Waals surface area contributed by atoms with Crippen LogP contribution in [0.1, 0.15) is 16.1 Å². The lowest BCUT2D eigenvalue weighted by molar-refractivity contribution is -0.124. The Morgan fingerprint density at radius 1 is 1.38 bits per heavy atom. The van der Waals surface area contributed by atoms with Crippen molar-refractivity contribution in [2.45, 2.75) is 6.04 Å². The van der Waals surface area contributed by atoms with Crippen LogP contribution < -0.4 is 10.2 Å². The minimum atomic E-state index is -0.522. The highest BCUT2D eigenvalue weighted by molar-refractivity contribution is 6.07. The number of H-pyrrole nitrogens is 1. The van der Waals surface area contributed by atoms with E-state index in [0.29, 0.717) is 12.1 Å². The fourth-order valence-electron chi connectivity index (χ4n) is 2.20. The number of nitrogens with zero attached hydrogens (tertiary/aromatic N) is 2. The van der Waals surface area contributed by atoms with Crippen molar-refractivity contribution in [1.29, 1.82) is 5.26 Å². The Labute approximate surface area is 121 Å². The van der Waals surface area contributed by atoms with Gasteiger partial charge in [-0.25, -0.2) is 0 Å². The second kappa shape index (κ2) is 5.13. The number of amides is 2. The molecule has 1 aromatic heterocycles. The van der Waals surface area contributed by atoms with E-state index >= 15 is 0 Å². The van der Waals surface area contributed by atoms with Gasteiger partial charge in [0.05, 0.1) is 12.1 Å². The van der Waals surface area contributed by atoms with E-state index < -0.39 is 6.04 Å². The average Bonchev–Trinajstić information content (AvgIpc) is 3.00. The molecular formula is C15H12N4O2. The maximum Gasteiger partial charge on any atom is 0.268 e. The molecule has 2 N–H and O–H groups in total. The molecule has 0 bridgehead atoms. The number of β-lactam (4-membered cyclic amide) rings is 1. The number of carbonyl (C=O) groups excluding carboxylic acids is 2. The standard InChI is InChI=1S/C15H12N4O2/c16-7-10-6-12(17-8-10)14(20)18-13-9-19(15(13)21)11-4-2-1-3-5-11/h1-6,8,13,17H,9H2,(H,18,20). The van der Waals surface area contributed by atoms with Crippen molar-refractivity contribution in [3.63, 3.8) is 0 Å². The molecule has 0 spiro atoms. The smallest absolute Gasteiger partial charge is 0.268 e. The van der Waals surface area contributed by atoms with Crippen molar-refractivity contribution in [2.24, 2.45) is 0 Å². The number of rotatable bonds is 3. The lowest BCUT2D eigenvalue weighted by Crippen LogP contribution is -2.64. The summed E-state index contributed by atoms with van der Waals surface area (Å²) in [4.78, 5) is 28.3. The molecule has 6 heteroatoms. The normalized spacial score (nSPS) is 17.0. The Bertz CT molecular complexity index is 730. The first-order valence-corrected chi connectivity index (χ1v) is 6.45. The van der Waals surface area contributed by atoms with Crippen molar-refractivity contribution in [2.75, 3.05) is 11.4 Å². The number of carbonyl (C=O) groups is 2. The van der Waals surface area contributed by atoms with E-state index in [1.807, 2.05) is 36.4 Å². The second-order valence-corrected chi connectivity index (χ2v) is 4.72. The monoisotopic (exact) mass is 280 g/mol. The molecule has 104 valence electrons. The predicted molar refractivity (Wildman–Crippen MR) is 75.6 cm³/mol. The third-order valence-corrected chi connectivity index (χ3v) is 3.36. The molecule has 3 rings (SSSR count). The maximum absolute atomic E-state index is 12.0. The van der Waals surface area contributed by atoms with Crippen LogP contribution >= 0.6 is 0 Å². The first kappa shape index (κ1) is 12.9. The zero-order valence-corrected chi connectivity index (χ0v) is 11.0. The molecule has 2 amide bonds. The number of benzene rings is 1. The minimum absolute atomic E-state index is 0.137. The topological polar surface area (TPSA) is 89.0 Å². The van der Waals surface area contributed by atoms with Gasteiger partial charge in [-0.2, -0.15) is 5.26 Å². The quantitative estimate of drug-likeness (QED) is 0.823. The first-order chi connectivity index (χ1) is 10.2. The van der Waals surface area contributed by atoms with Crippen LogP contribution in [-0.2, 0) is 4.79 Å². The van der Waals surface area contributed by atoms with Gasteiger partial charge in [0, 0.05) is 11.9 Å². The molecule has 1 atom stereocenters. The summed E-state index contributed by atoms with van der Waals surface area (Å²) in [5.41, 5.74) is 1.48. The van der Waals surface area contributed by atoms with Crippen molar-refractivity contribution in [3.05, 3.63) is 53.9 Å². The Hall–Kier alpha value is -3.07. The highest BCUT2D eigenvalue weighted by atomic mass is 16.2. The number of aromatic amines is 1. The van der Waals surface area contributed by atoms with Gasteiger partial charge >= 0.3 is 0 Å². The van der Waals surface area contributed by atoms with Crippen molar-refractivity contribution in [1.82, 2.24) is 10.3 Å². The van der Waals surface area contributed by atoms with E-state index in [1.165, 1.54) is 12.3 Å². The lowest BCUT2D eigenvalue weighted by atomic mass is 10.1. The summed E-state index contributed by atoms with van der Waals surface area (Å²) >= 11 is 0. The zero-order valence-electron chi connectivity index (χ0n) is 11.0. The molecule has 21 heavy (non-hydrogen) atoms. The Morgan fingerprint density at radius 3 is 2.76 bits per heavy atom. The summed E-state index contributed by atoms with van der Waals surface area (Å²) in [6, 6.07) is 12.2. The van der Waals surface area contributed by atoms with Gasteiger partial charge in [-0.3, -0.25) is 9.59 Å². The average molecular weight is 280 g/mol. The lowest BCUT2D eigenvalue weighted by Gasteiger charge is -2.38. The molecule has 1 fully saturated rings. The summed E-state index contributed by atoms with van der Waals surface area (Å²) in [6.45, 7) is 0.445. The van der Waals surface area contributed by atoms with E-state index in [9.17, 15) is 9.59 Å². The summed E-state index contributed by atoms with van der Waals surface area (Å²) in [5, 5.41) is 11.4. The number of aromatic nitrogens is 1. The number of hydrogen-bond acceptors (Lipinski definition) is 3. The van der Waals surface area contributed by atoms with Gasteiger partial charge in [0.15, 0.2) is 0 Å². The van der Waals surface area contributed by atoms with Crippen LogP contribution in [0.3, 0.4) is 0 Å². The van der Waals surface area contributed by atoms with Gasteiger partial charge in [0.25, 0.3) is 11.8 Å². The number of para-hydroxylation sites is 1. The molecule has 1 saturated heterocycles. The first-order valence-electron chi connectivity index (χ1n) is 6.45. The van der Waals surface area contributed by atoms with Gasteiger partial charge in [-0.05, 0) is 18.2 Å². The van der Waals surface area contributed by atoms with Crippen molar-refractivity contribution in [3.8, 4) is 6.07 Å².